The summed E-state index contributed by atoms with van der Waals surface area (Å²) >= 11 is 5.19. The van der Waals surface area contributed by atoms with E-state index in [4.69, 9.17) is 12.2 Å². The molecule has 2 N–H and O–H groups in total. The molecule has 27 heavy (non-hydrogen) atoms. The zero-order valence-electron chi connectivity index (χ0n) is 14.1. The minimum absolute atomic E-state index is 0.295. The Morgan fingerprint density at radius 1 is 1.00 bits per heavy atom. The van der Waals surface area contributed by atoms with Crippen molar-refractivity contribution in [1.82, 2.24) is 9.78 Å². The molecule has 0 fully saturated rings. The molecule has 1 heterocycles. The molecule has 0 unspecified atom stereocenters. The molecule has 0 aliphatic heterocycles. The van der Waals surface area contributed by atoms with Gasteiger partial charge in [0.05, 0.1) is 18.4 Å². The highest BCUT2D eigenvalue weighted by Crippen LogP contribution is 2.20. The van der Waals surface area contributed by atoms with E-state index in [0.717, 1.165) is 11.3 Å². The van der Waals surface area contributed by atoms with E-state index < -0.39 is 35.4 Å². The van der Waals surface area contributed by atoms with Crippen molar-refractivity contribution in [2.24, 2.45) is 0 Å². The van der Waals surface area contributed by atoms with Crippen LogP contribution in [0.2, 0.25) is 0 Å². The third-order valence-corrected chi connectivity index (χ3v) is 3.93. The Morgan fingerprint density at radius 2 is 1.67 bits per heavy atom. The van der Waals surface area contributed by atoms with Crippen molar-refractivity contribution in [1.29, 1.82) is 0 Å². The Bertz CT molecular complexity index is 986. The molecular formula is C18H14F4N4S. The van der Waals surface area contributed by atoms with Crippen LogP contribution in [0.4, 0.5) is 28.9 Å². The normalized spacial score (nSPS) is 10.7. The lowest BCUT2D eigenvalue weighted by atomic mass is 10.2. The van der Waals surface area contributed by atoms with Crippen LogP contribution < -0.4 is 10.6 Å². The first-order valence-corrected chi connectivity index (χ1v) is 8.23. The Hall–Kier alpha value is -2.94. The molecule has 0 saturated heterocycles. The molecular weight excluding hydrogens is 380 g/mol. The first-order valence-electron chi connectivity index (χ1n) is 7.82. The van der Waals surface area contributed by atoms with E-state index in [1.54, 1.807) is 0 Å². The van der Waals surface area contributed by atoms with E-state index in [2.05, 4.69) is 15.7 Å². The zero-order chi connectivity index (χ0) is 19.6. The molecule has 0 aliphatic rings. The van der Waals surface area contributed by atoms with Crippen LogP contribution in [0.5, 0.6) is 0 Å². The van der Waals surface area contributed by atoms with Crippen LogP contribution in [0.25, 0.3) is 0 Å². The van der Waals surface area contributed by atoms with Gasteiger partial charge in [0.2, 0.25) is 0 Å². The van der Waals surface area contributed by atoms with Gasteiger partial charge in [0.1, 0.15) is 5.82 Å². The second-order valence-electron chi connectivity index (χ2n) is 5.82. The fraction of sp³-hybridized carbons (Fsp3) is 0.111. The highest BCUT2D eigenvalue weighted by Gasteiger charge is 2.19. The molecule has 3 rings (SSSR count). The maximum atomic E-state index is 13.8. The summed E-state index contributed by atoms with van der Waals surface area (Å²) in [6.07, 6.45) is 2.82. The van der Waals surface area contributed by atoms with Gasteiger partial charge >= 0.3 is 0 Å². The van der Waals surface area contributed by atoms with Gasteiger partial charge in [-0.05, 0) is 31.3 Å². The van der Waals surface area contributed by atoms with Gasteiger partial charge in [0.15, 0.2) is 22.6 Å². The zero-order valence-corrected chi connectivity index (χ0v) is 14.9. The van der Waals surface area contributed by atoms with E-state index in [-0.39, 0.29) is 0 Å². The molecule has 0 amide bonds. The molecule has 1 aromatic heterocycles. The molecule has 140 valence electrons. The van der Waals surface area contributed by atoms with Crippen molar-refractivity contribution >= 4 is 28.7 Å². The van der Waals surface area contributed by atoms with Crippen LogP contribution >= 0.6 is 12.2 Å². The maximum Gasteiger partial charge on any atom is 0.194 e. The van der Waals surface area contributed by atoms with E-state index in [9.17, 15) is 17.6 Å². The highest BCUT2D eigenvalue weighted by atomic mass is 32.1. The highest BCUT2D eigenvalue weighted by molar-refractivity contribution is 7.80. The SMILES string of the molecule is Cc1ccc(NC(=S)Nc2cnn(Cc3c(F)cc(F)c(F)c3F)c2)cc1. The van der Waals surface area contributed by atoms with E-state index >= 15 is 0 Å². The summed E-state index contributed by atoms with van der Waals surface area (Å²) in [5.41, 5.74) is 1.74. The fourth-order valence-electron chi connectivity index (χ4n) is 2.36. The minimum Gasteiger partial charge on any atom is -0.332 e. The van der Waals surface area contributed by atoms with Gasteiger partial charge < -0.3 is 10.6 Å². The average Bonchev–Trinajstić information content (AvgIpc) is 3.06. The van der Waals surface area contributed by atoms with Crippen LogP contribution in [0.1, 0.15) is 11.1 Å². The van der Waals surface area contributed by atoms with E-state index in [1.807, 2.05) is 31.2 Å². The number of halogens is 4. The van der Waals surface area contributed by atoms with E-state index in [0.29, 0.717) is 16.9 Å². The molecule has 0 spiro atoms. The van der Waals surface area contributed by atoms with Crippen molar-refractivity contribution in [3.8, 4) is 0 Å². The smallest absolute Gasteiger partial charge is 0.194 e. The first kappa shape index (κ1) is 18.8. The predicted octanol–water partition coefficient (Wildman–Crippen LogP) is 4.61. The molecule has 0 aliphatic carbocycles. The van der Waals surface area contributed by atoms with Gasteiger partial charge in [-0.2, -0.15) is 5.10 Å². The molecule has 9 heteroatoms. The maximum absolute atomic E-state index is 13.8. The van der Waals surface area contributed by atoms with Crippen LogP contribution in [0.3, 0.4) is 0 Å². The summed E-state index contributed by atoms with van der Waals surface area (Å²) in [6.45, 7) is 1.56. The number of aryl methyl sites for hydroxylation is 1. The number of hydrogen-bond acceptors (Lipinski definition) is 2. The van der Waals surface area contributed by atoms with Gasteiger partial charge in [-0.25, -0.2) is 17.6 Å². The summed E-state index contributed by atoms with van der Waals surface area (Å²) < 4.78 is 55.0. The number of hydrogen-bond donors (Lipinski definition) is 2. The Morgan fingerprint density at radius 3 is 2.37 bits per heavy atom. The Kier molecular flexibility index (Phi) is 5.41. The third kappa shape index (κ3) is 4.43. The quantitative estimate of drug-likeness (QED) is 0.294. The molecule has 0 saturated carbocycles. The second kappa shape index (κ2) is 7.75. The monoisotopic (exact) mass is 394 g/mol. The van der Waals surface area contributed by atoms with Crippen molar-refractivity contribution in [3.63, 3.8) is 0 Å². The predicted molar refractivity (Wildman–Crippen MR) is 98.6 cm³/mol. The number of anilines is 2. The number of nitrogens with zero attached hydrogens (tertiary/aromatic N) is 2. The molecule has 0 radical (unpaired) electrons. The number of nitrogens with one attached hydrogen (secondary N) is 2. The third-order valence-electron chi connectivity index (χ3n) is 3.73. The van der Waals surface area contributed by atoms with Crippen LogP contribution in [0.15, 0.2) is 42.7 Å². The van der Waals surface area contributed by atoms with Crippen LogP contribution in [0, 0.1) is 30.2 Å². The second-order valence-corrected chi connectivity index (χ2v) is 6.23. The van der Waals surface area contributed by atoms with Gasteiger partial charge in [0, 0.05) is 23.5 Å². The first-order chi connectivity index (χ1) is 12.8. The van der Waals surface area contributed by atoms with Crippen molar-refractivity contribution in [3.05, 3.63) is 77.1 Å². The molecule has 2 aromatic carbocycles. The molecule has 0 bridgehead atoms. The molecule has 0 atom stereocenters. The molecule has 4 nitrogen and oxygen atoms in total. The van der Waals surface area contributed by atoms with Gasteiger partial charge in [-0.15, -0.1) is 0 Å². The van der Waals surface area contributed by atoms with Crippen molar-refractivity contribution < 1.29 is 17.6 Å². The Labute approximate surface area is 157 Å². The van der Waals surface area contributed by atoms with Crippen molar-refractivity contribution in [2.45, 2.75) is 13.5 Å². The van der Waals surface area contributed by atoms with Gasteiger partial charge in [0.25, 0.3) is 0 Å². The van der Waals surface area contributed by atoms with E-state index in [1.165, 1.54) is 17.1 Å². The summed E-state index contributed by atoms with van der Waals surface area (Å²) in [6, 6.07) is 7.88. The lowest BCUT2D eigenvalue weighted by molar-refractivity contribution is 0.420. The van der Waals surface area contributed by atoms with Gasteiger partial charge in [-0.3, -0.25) is 4.68 Å². The largest absolute Gasteiger partial charge is 0.332 e. The minimum atomic E-state index is -1.72. The summed E-state index contributed by atoms with van der Waals surface area (Å²) in [7, 11) is 0. The molecule has 3 aromatic rings. The Balaban J connectivity index is 1.68. The lowest BCUT2D eigenvalue weighted by Gasteiger charge is -2.09. The standard InChI is InChI=1S/C18H14F4N4S/c1-10-2-4-11(5-3-10)24-18(27)25-12-7-23-26(8-12)9-13-14(19)6-15(20)17(22)16(13)21/h2-8H,9H2,1H3,(H2,24,25,27). The van der Waals surface area contributed by atoms with Gasteiger partial charge in [-0.1, -0.05) is 17.7 Å². The van der Waals surface area contributed by atoms with Crippen LogP contribution in [-0.4, -0.2) is 14.9 Å². The van der Waals surface area contributed by atoms with Crippen molar-refractivity contribution in [2.75, 3.05) is 10.6 Å². The topological polar surface area (TPSA) is 41.9 Å². The summed E-state index contributed by atoms with van der Waals surface area (Å²) in [5, 5.41) is 10.1. The average molecular weight is 394 g/mol. The number of thiocarbonyl (C=S) groups is 1. The lowest BCUT2D eigenvalue weighted by Crippen LogP contribution is -2.18. The number of aromatic nitrogens is 2. The number of benzene rings is 2. The summed E-state index contributed by atoms with van der Waals surface area (Å²) in [5.74, 6) is -6.06. The summed E-state index contributed by atoms with van der Waals surface area (Å²) in [4.78, 5) is 0. The number of rotatable bonds is 4. The van der Waals surface area contributed by atoms with Crippen LogP contribution in [-0.2, 0) is 6.54 Å². The fourth-order valence-corrected chi connectivity index (χ4v) is 2.59.